The van der Waals surface area contributed by atoms with E-state index in [1.807, 2.05) is 13.0 Å². The summed E-state index contributed by atoms with van der Waals surface area (Å²) < 4.78 is 5.16. The molecule has 4 nitrogen and oxygen atoms in total. The first-order valence-electron chi connectivity index (χ1n) is 7.03. The van der Waals surface area contributed by atoms with E-state index in [4.69, 9.17) is 9.84 Å². The van der Waals surface area contributed by atoms with E-state index in [0.717, 1.165) is 36.3 Å². The van der Waals surface area contributed by atoms with Crippen LogP contribution in [-0.2, 0) is 9.53 Å². The minimum atomic E-state index is -0.927. The van der Waals surface area contributed by atoms with E-state index in [0.29, 0.717) is 6.61 Å². The smallest absolute Gasteiger partial charge is 0.328 e. The molecule has 0 bridgehead atoms. The lowest BCUT2D eigenvalue weighted by atomic mass is 10.0. The van der Waals surface area contributed by atoms with E-state index >= 15 is 0 Å². The van der Waals surface area contributed by atoms with Gasteiger partial charge in [-0.05, 0) is 42.7 Å². The second-order valence-electron chi connectivity index (χ2n) is 5.23. The number of aliphatic carboxylic acids is 1. The van der Waals surface area contributed by atoms with Crippen LogP contribution in [0.4, 0.5) is 5.69 Å². The molecule has 1 aliphatic heterocycles. The SMILES string of the molecule is COCC1=CCN(c2ccc(C)cc2/C=C/C(=O)O)CC1. The molecule has 0 radical (unpaired) electrons. The van der Waals surface area contributed by atoms with Crippen molar-refractivity contribution in [3.05, 3.63) is 47.1 Å². The number of benzene rings is 1. The molecule has 1 N–H and O–H groups in total. The molecular formula is C17H21NO3. The van der Waals surface area contributed by atoms with Crippen molar-refractivity contribution in [2.24, 2.45) is 0 Å². The van der Waals surface area contributed by atoms with Crippen molar-refractivity contribution >= 4 is 17.7 Å². The third-order valence-corrected chi connectivity index (χ3v) is 3.56. The minimum absolute atomic E-state index is 0.688. The monoisotopic (exact) mass is 287 g/mol. The molecule has 4 heteroatoms. The van der Waals surface area contributed by atoms with Crippen molar-refractivity contribution in [3.63, 3.8) is 0 Å². The van der Waals surface area contributed by atoms with Crippen molar-refractivity contribution in [1.82, 2.24) is 0 Å². The fourth-order valence-electron chi connectivity index (χ4n) is 2.50. The maximum atomic E-state index is 10.7. The van der Waals surface area contributed by atoms with Crippen LogP contribution in [0.3, 0.4) is 0 Å². The Labute approximate surface area is 125 Å². The van der Waals surface area contributed by atoms with Crippen LogP contribution < -0.4 is 4.90 Å². The normalized spacial score (nSPS) is 15.3. The topological polar surface area (TPSA) is 49.8 Å². The number of aryl methyl sites for hydroxylation is 1. The molecule has 1 aromatic rings. The summed E-state index contributed by atoms with van der Waals surface area (Å²) in [6.07, 6.45) is 6.02. The highest BCUT2D eigenvalue weighted by molar-refractivity contribution is 5.87. The Morgan fingerprint density at radius 3 is 2.90 bits per heavy atom. The van der Waals surface area contributed by atoms with E-state index in [-0.39, 0.29) is 0 Å². The number of anilines is 1. The summed E-state index contributed by atoms with van der Waals surface area (Å²) in [5, 5.41) is 8.82. The Kier molecular flexibility index (Phi) is 5.17. The number of hydrogen-bond acceptors (Lipinski definition) is 3. The number of ether oxygens (including phenoxy) is 1. The average molecular weight is 287 g/mol. The summed E-state index contributed by atoms with van der Waals surface area (Å²) in [7, 11) is 1.71. The first-order chi connectivity index (χ1) is 10.1. The zero-order valence-electron chi connectivity index (χ0n) is 12.5. The third-order valence-electron chi connectivity index (χ3n) is 3.56. The Morgan fingerprint density at radius 1 is 1.48 bits per heavy atom. The number of carboxylic acid groups (broad SMARTS) is 1. The van der Waals surface area contributed by atoms with Crippen LogP contribution in [0, 0.1) is 6.92 Å². The lowest BCUT2D eigenvalue weighted by Crippen LogP contribution is -2.29. The van der Waals surface area contributed by atoms with Gasteiger partial charge in [0, 0.05) is 32.0 Å². The molecule has 112 valence electrons. The molecule has 0 atom stereocenters. The lowest BCUT2D eigenvalue weighted by molar-refractivity contribution is -0.131. The highest BCUT2D eigenvalue weighted by atomic mass is 16.5. The Bertz CT molecular complexity index is 575. The molecule has 0 saturated carbocycles. The highest BCUT2D eigenvalue weighted by Crippen LogP contribution is 2.26. The van der Waals surface area contributed by atoms with Crippen LogP contribution in [0.5, 0.6) is 0 Å². The standard InChI is InChI=1S/C17H21NO3/c1-13-3-5-16(15(11-13)4-6-17(19)20)18-9-7-14(8-10-18)12-21-2/h3-7,11H,8-10,12H2,1-2H3,(H,19,20)/b6-4+. The van der Waals surface area contributed by atoms with Crippen molar-refractivity contribution in [2.75, 3.05) is 31.7 Å². The second-order valence-corrected chi connectivity index (χ2v) is 5.23. The minimum Gasteiger partial charge on any atom is -0.478 e. The Hall–Kier alpha value is -2.07. The molecule has 2 rings (SSSR count). The van der Waals surface area contributed by atoms with Crippen molar-refractivity contribution in [3.8, 4) is 0 Å². The van der Waals surface area contributed by atoms with Gasteiger partial charge in [-0.15, -0.1) is 0 Å². The van der Waals surface area contributed by atoms with Crippen LogP contribution in [0.2, 0.25) is 0 Å². The fourth-order valence-corrected chi connectivity index (χ4v) is 2.50. The van der Waals surface area contributed by atoms with E-state index in [9.17, 15) is 4.79 Å². The van der Waals surface area contributed by atoms with Gasteiger partial charge in [-0.1, -0.05) is 17.7 Å². The molecule has 0 spiro atoms. The predicted molar refractivity (Wildman–Crippen MR) is 84.6 cm³/mol. The van der Waals surface area contributed by atoms with Crippen molar-refractivity contribution in [1.29, 1.82) is 0 Å². The van der Waals surface area contributed by atoms with Gasteiger partial charge in [-0.3, -0.25) is 0 Å². The van der Waals surface area contributed by atoms with Gasteiger partial charge in [0.1, 0.15) is 0 Å². The van der Waals surface area contributed by atoms with E-state index in [1.165, 1.54) is 11.6 Å². The number of rotatable bonds is 5. The molecule has 1 aromatic carbocycles. The molecule has 0 saturated heterocycles. The molecule has 1 heterocycles. The van der Waals surface area contributed by atoms with Crippen LogP contribution in [0.1, 0.15) is 17.5 Å². The number of nitrogens with zero attached hydrogens (tertiary/aromatic N) is 1. The third kappa shape index (κ3) is 4.20. The highest BCUT2D eigenvalue weighted by Gasteiger charge is 2.14. The number of carbonyl (C=O) groups is 1. The second kappa shape index (κ2) is 7.09. The maximum Gasteiger partial charge on any atom is 0.328 e. The van der Waals surface area contributed by atoms with Crippen molar-refractivity contribution in [2.45, 2.75) is 13.3 Å². The van der Waals surface area contributed by atoms with E-state index < -0.39 is 5.97 Å². The molecular weight excluding hydrogens is 266 g/mol. The van der Waals surface area contributed by atoms with E-state index in [1.54, 1.807) is 13.2 Å². The van der Waals surface area contributed by atoms with Gasteiger partial charge in [0.05, 0.1) is 6.61 Å². The first kappa shape index (κ1) is 15.3. The summed E-state index contributed by atoms with van der Waals surface area (Å²) >= 11 is 0. The number of carboxylic acids is 1. The Balaban J connectivity index is 2.22. The summed E-state index contributed by atoms with van der Waals surface area (Å²) in [4.78, 5) is 13.0. The number of methoxy groups -OCH3 is 1. The molecule has 0 aliphatic carbocycles. The van der Waals surface area contributed by atoms with Crippen LogP contribution >= 0.6 is 0 Å². The Morgan fingerprint density at radius 2 is 2.29 bits per heavy atom. The molecule has 0 amide bonds. The van der Waals surface area contributed by atoms with Gasteiger partial charge >= 0.3 is 5.97 Å². The summed E-state index contributed by atoms with van der Waals surface area (Å²) in [6, 6.07) is 6.14. The fraction of sp³-hybridized carbons (Fsp3) is 0.353. The van der Waals surface area contributed by atoms with Gasteiger partial charge < -0.3 is 14.7 Å². The van der Waals surface area contributed by atoms with Crippen LogP contribution in [0.15, 0.2) is 35.9 Å². The summed E-state index contributed by atoms with van der Waals surface area (Å²) in [5.74, 6) is -0.927. The molecule has 0 fully saturated rings. The van der Waals surface area contributed by atoms with Crippen LogP contribution in [-0.4, -0.2) is 37.9 Å². The quantitative estimate of drug-likeness (QED) is 0.668. The lowest BCUT2D eigenvalue weighted by Gasteiger charge is -2.29. The zero-order valence-corrected chi connectivity index (χ0v) is 12.5. The number of hydrogen-bond donors (Lipinski definition) is 1. The van der Waals surface area contributed by atoms with E-state index in [2.05, 4.69) is 23.1 Å². The van der Waals surface area contributed by atoms with Gasteiger partial charge in [0.2, 0.25) is 0 Å². The van der Waals surface area contributed by atoms with Gasteiger partial charge in [0.25, 0.3) is 0 Å². The van der Waals surface area contributed by atoms with Crippen LogP contribution in [0.25, 0.3) is 6.08 Å². The average Bonchev–Trinajstić information content (AvgIpc) is 2.46. The summed E-state index contributed by atoms with van der Waals surface area (Å²) in [5.41, 5.74) is 4.46. The molecule has 21 heavy (non-hydrogen) atoms. The molecule has 0 aromatic heterocycles. The predicted octanol–water partition coefficient (Wildman–Crippen LogP) is 2.88. The van der Waals surface area contributed by atoms with Gasteiger partial charge in [-0.2, -0.15) is 0 Å². The molecule has 1 aliphatic rings. The van der Waals surface area contributed by atoms with Gasteiger partial charge in [0.15, 0.2) is 0 Å². The maximum absolute atomic E-state index is 10.7. The first-order valence-corrected chi connectivity index (χ1v) is 7.03. The largest absolute Gasteiger partial charge is 0.478 e. The summed E-state index contributed by atoms with van der Waals surface area (Å²) in [6.45, 7) is 4.45. The van der Waals surface area contributed by atoms with Crippen molar-refractivity contribution < 1.29 is 14.6 Å². The van der Waals surface area contributed by atoms with Gasteiger partial charge in [-0.25, -0.2) is 4.79 Å². The zero-order chi connectivity index (χ0) is 15.2. The molecule has 0 unspecified atom stereocenters.